The van der Waals surface area contributed by atoms with Gasteiger partial charge in [-0.05, 0) is 18.9 Å². The van der Waals surface area contributed by atoms with Crippen molar-refractivity contribution in [3.63, 3.8) is 0 Å². The van der Waals surface area contributed by atoms with Crippen LogP contribution in [0.15, 0.2) is 24.3 Å². The van der Waals surface area contributed by atoms with E-state index in [4.69, 9.17) is 5.11 Å². The first kappa shape index (κ1) is 17.7. The highest BCUT2D eigenvalue weighted by Crippen LogP contribution is 2.09. The number of carboxylic acids is 2. The van der Waals surface area contributed by atoms with Crippen molar-refractivity contribution in [2.45, 2.75) is 39.2 Å². The number of carbonyl (C=O) groups excluding carboxylic acids is 1. The number of aliphatic carboxylic acids is 2. The minimum atomic E-state index is -1.11. The highest BCUT2D eigenvalue weighted by Gasteiger charge is 2.23. The van der Waals surface area contributed by atoms with Crippen molar-refractivity contribution in [2.24, 2.45) is 5.92 Å². The molecule has 0 unspecified atom stereocenters. The number of hydrogen-bond donors (Lipinski definition) is 3. The van der Waals surface area contributed by atoms with Gasteiger partial charge in [-0.3, -0.25) is 9.59 Å². The van der Waals surface area contributed by atoms with Crippen LogP contribution >= 0.6 is 0 Å². The normalized spacial score (nSPS) is 13.2. The molecule has 1 rings (SSSR count). The predicted octanol–water partition coefficient (Wildman–Crippen LogP) is 1.61. The quantitative estimate of drug-likeness (QED) is 0.677. The Morgan fingerprint density at radius 2 is 1.73 bits per heavy atom. The van der Waals surface area contributed by atoms with Crippen molar-refractivity contribution in [1.29, 1.82) is 0 Å². The molecule has 2 atom stereocenters. The standard InChI is InChI=1S/C16H21NO5/c1-10-3-6-12(7-4-10)9-13(16(21)22)17-15(20)11(2)5-8-14(18)19/h3-4,6-7,11,13H,5,8-9H2,1-2H3,(H,17,20)(H,18,19)(H,21,22)/t11-,13-/m0/s1. The van der Waals surface area contributed by atoms with Crippen molar-refractivity contribution in [3.8, 4) is 0 Å². The highest BCUT2D eigenvalue weighted by molar-refractivity contribution is 5.85. The average molecular weight is 307 g/mol. The molecule has 0 fully saturated rings. The fraction of sp³-hybridized carbons (Fsp3) is 0.438. The van der Waals surface area contributed by atoms with Crippen molar-refractivity contribution in [2.75, 3.05) is 0 Å². The molecule has 0 spiro atoms. The van der Waals surface area contributed by atoms with Gasteiger partial charge in [-0.15, -0.1) is 0 Å². The van der Waals surface area contributed by atoms with E-state index in [0.29, 0.717) is 0 Å². The van der Waals surface area contributed by atoms with Crippen LogP contribution < -0.4 is 5.32 Å². The summed E-state index contributed by atoms with van der Waals surface area (Å²) in [5.74, 6) is -3.08. The van der Waals surface area contributed by atoms with Crippen LogP contribution in [-0.2, 0) is 20.8 Å². The van der Waals surface area contributed by atoms with Crippen LogP contribution in [0.1, 0.15) is 30.9 Å². The van der Waals surface area contributed by atoms with Crippen LogP contribution in [0.3, 0.4) is 0 Å². The second-order valence-electron chi connectivity index (χ2n) is 5.42. The molecule has 1 aromatic carbocycles. The molecule has 6 nitrogen and oxygen atoms in total. The van der Waals surface area contributed by atoms with Gasteiger partial charge >= 0.3 is 11.9 Å². The van der Waals surface area contributed by atoms with Crippen molar-refractivity contribution in [1.82, 2.24) is 5.32 Å². The zero-order valence-corrected chi connectivity index (χ0v) is 12.7. The number of rotatable bonds is 8. The Balaban J connectivity index is 2.63. The lowest BCUT2D eigenvalue weighted by Gasteiger charge is -2.17. The van der Waals surface area contributed by atoms with Crippen molar-refractivity contribution < 1.29 is 24.6 Å². The molecule has 120 valence electrons. The first-order valence-electron chi connectivity index (χ1n) is 7.10. The van der Waals surface area contributed by atoms with Gasteiger partial charge in [0.05, 0.1) is 0 Å². The molecular formula is C16H21NO5. The van der Waals surface area contributed by atoms with Crippen LogP contribution in [0.4, 0.5) is 0 Å². The number of aryl methyl sites for hydroxylation is 1. The van der Waals surface area contributed by atoms with Gasteiger partial charge in [-0.1, -0.05) is 36.8 Å². The van der Waals surface area contributed by atoms with E-state index in [-0.39, 0.29) is 19.3 Å². The molecule has 1 aromatic rings. The van der Waals surface area contributed by atoms with Crippen molar-refractivity contribution >= 4 is 17.8 Å². The van der Waals surface area contributed by atoms with E-state index in [1.54, 1.807) is 6.92 Å². The monoisotopic (exact) mass is 307 g/mol. The number of carboxylic acid groups (broad SMARTS) is 2. The minimum Gasteiger partial charge on any atom is -0.481 e. The number of carbonyl (C=O) groups is 3. The smallest absolute Gasteiger partial charge is 0.326 e. The average Bonchev–Trinajstić information content (AvgIpc) is 2.45. The Morgan fingerprint density at radius 3 is 2.23 bits per heavy atom. The molecule has 0 radical (unpaired) electrons. The van der Waals surface area contributed by atoms with E-state index in [2.05, 4.69) is 5.32 Å². The van der Waals surface area contributed by atoms with Crippen LogP contribution in [0, 0.1) is 12.8 Å². The Kier molecular flexibility index (Phi) is 6.56. The lowest BCUT2D eigenvalue weighted by molar-refractivity contribution is -0.143. The third-order valence-electron chi connectivity index (χ3n) is 3.41. The summed E-state index contributed by atoms with van der Waals surface area (Å²) in [6.45, 7) is 3.52. The van der Waals surface area contributed by atoms with Crippen LogP contribution in [0.5, 0.6) is 0 Å². The summed E-state index contributed by atoms with van der Waals surface area (Å²) in [5.41, 5.74) is 1.89. The largest absolute Gasteiger partial charge is 0.481 e. The molecule has 0 aliphatic heterocycles. The number of nitrogens with one attached hydrogen (secondary N) is 1. The molecule has 0 aliphatic rings. The number of hydrogen-bond acceptors (Lipinski definition) is 3. The van der Waals surface area contributed by atoms with E-state index in [1.807, 2.05) is 31.2 Å². The molecule has 0 saturated carbocycles. The molecule has 0 aromatic heterocycles. The maximum Gasteiger partial charge on any atom is 0.326 e. The van der Waals surface area contributed by atoms with Crippen LogP contribution in [0.2, 0.25) is 0 Å². The summed E-state index contributed by atoms with van der Waals surface area (Å²) >= 11 is 0. The summed E-state index contributed by atoms with van der Waals surface area (Å²) in [6, 6.07) is 6.38. The van der Waals surface area contributed by atoms with Gasteiger partial charge in [0, 0.05) is 18.8 Å². The van der Waals surface area contributed by atoms with Crippen LogP contribution in [0.25, 0.3) is 0 Å². The molecule has 6 heteroatoms. The summed E-state index contributed by atoms with van der Waals surface area (Å²) in [5, 5.41) is 20.3. The van der Waals surface area contributed by atoms with E-state index in [0.717, 1.165) is 11.1 Å². The van der Waals surface area contributed by atoms with Gasteiger partial charge in [-0.2, -0.15) is 0 Å². The van der Waals surface area contributed by atoms with Gasteiger partial charge in [0.1, 0.15) is 6.04 Å². The Bertz CT molecular complexity index is 538. The zero-order valence-electron chi connectivity index (χ0n) is 12.7. The molecule has 0 heterocycles. The maximum atomic E-state index is 11.9. The molecular weight excluding hydrogens is 286 g/mol. The topological polar surface area (TPSA) is 104 Å². The summed E-state index contributed by atoms with van der Waals surface area (Å²) in [6.07, 6.45) is 0.245. The molecule has 1 amide bonds. The van der Waals surface area contributed by atoms with E-state index < -0.39 is 29.8 Å². The summed E-state index contributed by atoms with van der Waals surface area (Å²) < 4.78 is 0. The Morgan fingerprint density at radius 1 is 1.14 bits per heavy atom. The molecule has 0 bridgehead atoms. The molecule has 0 aliphatic carbocycles. The Labute approximate surface area is 129 Å². The maximum absolute atomic E-state index is 11.9. The highest BCUT2D eigenvalue weighted by atomic mass is 16.4. The van der Waals surface area contributed by atoms with Gasteiger partial charge in [0.15, 0.2) is 0 Å². The number of benzene rings is 1. The van der Waals surface area contributed by atoms with E-state index in [9.17, 15) is 19.5 Å². The minimum absolute atomic E-state index is 0.121. The number of amides is 1. The van der Waals surface area contributed by atoms with Crippen molar-refractivity contribution in [3.05, 3.63) is 35.4 Å². The third kappa shape index (κ3) is 5.95. The fourth-order valence-corrected chi connectivity index (χ4v) is 1.94. The van der Waals surface area contributed by atoms with Gasteiger partial charge < -0.3 is 15.5 Å². The second-order valence-corrected chi connectivity index (χ2v) is 5.42. The predicted molar refractivity (Wildman–Crippen MR) is 80.5 cm³/mol. The fourth-order valence-electron chi connectivity index (χ4n) is 1.94. The lowest BCUT2D eigenvalue weighted by Crippen LogP contribution is -2.44. The summed E-state index contributed by atoms with van der Waals surface area (Å²) in [4.78, 5) is 33.7. The molecule has 3 N–H and O–H groups in total. The summed E-state index contributed by atoms with van der Waals surface area (Å²) in [7, 11) is 0. The molecule has 0 saturated heterocycles. The zero-order chi connectivity index (χ0) is 16.7. The first-order valence-corrected chi connectivity index (χ1v) is 7.10. The Hall–Kier alpha value is -2.37. The lowest BCUT2D eigenvalue weighted by atomic mass is 10.0. The SMILES string of the molecule is Cc1ccc(C[C@H](NC(=O)[C@@H](C)CCC(=O)O)C(=O)O)cc1. The van der Waals surface area contributed by atoms with Crippen LogP contribution in [-0.4, -0.2) is 34.1 Å². The van der Waals surface area contributed by atoms with E-state index >= 15 is 0 Å². The van der Waals surface area contributed by atoms with Gasteiger partial charge in [-0.25, -0.2) is 4.79 Å². The third-order valence-corrected chi connectivity index (χ3v) is 3.41. The van der Waals surface area contributed by atoms with E-state index in [1.165, 1.54) is 0 Å². The van der Waals surface area contributed by atoms with Gasteiger partial charge in [0.2, 0.25) is 5.91 Å². The van der Waals surface area contributed by atoms with Gasteiger partial charge in [0.25, 0.3) is 0 Å². The second kappa shape index (κ2) is 8.17. The molecule has 22 heavy (non-hydrogen) atoms. The first-order chi connectivity index (χ1) is 10.3.